The van der Waals surface area contributed by atoms with Crippen LogP contribution in [0.3, 0.4) is 0 Å². The van der Waals surface area contributed by atoms with Crippen LogP contribution < -0.4 is 11.1 Å². The first-order valence-electron chi connectivity index (χ1n) is 7.63. The molecule has 0 spiro atoms. The second-order valence-corrected chi connectivity index (χ2v) is 6.56. The first kappa shape index (κ1) is 16.5. The molecule has 1 aromatic carbocycles. The van der Waals surface area contributed by atoms with Crippen LogP contribution in [0.15, 0.2) is 40.7 Å². The Bertz CT molecular complexity index is 799. The molecule has 1 aliphatic rings. The fraction of sp³-hybridized carbons (Fsp3) is 0.312. The predicted octanol–water partition coefficient (Wildman–Crippen LogP) is 2.69. The summed E-state index contributed by atoms with van der Waals surface area (Å²) in [7, 11) is 0. The number of nitrogens with zero attached hydrogens (tertiary/aromatic N) is 3. The summed E-state index contributed by atoms with van der Waals surface area (Å²) in [6.07, 6.45) is 1.01. The van der Waals surface area contributed by atoms with Crippen molar-refractivity contribution >= 4 is 23.6 Å². The van der Waals surface area contributed by atoms with Crippen LogP contribution in [0.25, 0.3) is 0 Å². The lowest BCUT2D eigenvalue weighted by molar-refractivity contribution is -0.115. The van der Waals surface area contributed by atoms with Crippen molar-refractivity contribution in [3.63, 3.8) is 0 Å². The largest absolute Gasteiger partial charge is 0.366 e. The van der Waals surface area contributed by atoms with Crippen molar-refractivity contribution in [2.45, 2.75) is 31.5 Å². The molecule has 2 aromatic rings. The van der Waals surface area contributed by atoms with E-state index in [-0.39, 0.29) is 5.82 Å². The number of benzene rings is 1. The van der Waals surface area contributed by atoms with Crippen LogP contribution in [-0.4, -0.2) is 26.4 Å². The van der Waals surface area contributed by atoms with Gasteiger partial charge in [0.1, 0.15) is 11.9 Å². The highest BCUT2D eigenvalue weighted by molar-refractivity contribution is 7.99. The van der Waals surface area contributed by atoms with Crippen molar-refractivity contribution in [1.82, 2.24) is 14.8 Å². The van der Waals surface area contributed by atoms with Crippen molar-refractivity contribution in [3.8, 4) is 0 Å². The first-order valence-corrected chi connectivity index (χ1v) is 8.62. The number of rotatable bonds is 5. The van der Waals surface area contributed by atoms with Crippen molar-refractivity contribution in [2.24, 2.45) is 5.73 Å². The van der Waals surface area contributed by atoms with Crippen molar-refractivity contribution < 1.29 is 9.18 Å². The highest BCUT2D eigenvalue weighted by atomic mass is 32.2. The van der Waals surface area contributed by atoms with E-state index in [1.165, 1.54) is 12.1 Å². The van der Waals surface area contributed by atoms with Crippen LogP contribution >= 0.6 is 11.8 Å². The molecule has 3 N–H and O–H groups in total. The van der Waals surface area contributed by atoms with Crippen LogP contribution in [0.4, 0.5) is 10.3 Å². The van der Waals surface area contributed by atoms with Crippen LogP contribution in [0.5, 0.6) is 0 Å². The minimum atomic E-state index is -0.543. The summed E-state index contributed by atoms with van der Waals surface area (Å²) in [6, 6.07) is 5.45. The normalized spacial score (nSPS) is 16.7. The molecule has 126 valence electrons. The molecule has 2 heterocycles. The Balaban J connectivity index is 2.09. The van der Waals surface area contributed by atoms with E-state index in [4.69, 9.17) is 5.73 Å². The number of anilines is 1. The Morgan fingerprint density at radius 2 is 2.12 bits per heavy atom. The predicted molar refractivity (Wildman–Crippen MR) is 91.1 cm³/mol. The van der Waals surface area contributed by atoms with E-state index >= 15 is 0 Å². The molecule has 1 unspecified atom stereocenters. The molecule has 8 heteroatoms. The zero-order chi connectivity index (χ0) is 17.3. The molecule has 3 rings (SSSR count). The zero-order valence-electron chi connectivity index (χ0n) is 13.4. The van der Waals surface area contributed by atoms with Gasteiger partial charge < -0.3 is 11.1 Å². The summed E-state index contributed by atoms with van der Waals surface area (Å²) in [6.45, 7) is 3.85. The van der Waals surface area contributed by atoms with E-state index in [0.29, 0.717) is 22.4 Å². The van der Waals surface area contributed by atoms with Crippen LogP contribution in [0.2, 0.25) is 0 Å². The zero-order valence-corrected chi connectivity index (χ0v) is 14.2. The van der Waals surface area contributed by atoms with E-state index < -0.39 is 11.9 Å². The molecule has 1 aromatic heterocycles. The average molecular weight is 347 g/mol. The summed E-state index contributed by atoms with van der Waals surface area (Å²) >= 11 is 1.55. The van der Waals surface area contributed by atoms with Gasteiger partial charge in [0.2, 0.25) is 17.0 Å². The number of halogens is 1. The molecule has 0 aliphatic carbocycles. The molecule has 0 saturated carbocycles. The number of aromatic nitrogens is 3. The lowest BCUT2D eigenvalue weighted by atomic mass is 9.95. The number of nitrogens with one attached hydrogen (secondary N) is 1. The van der Waals surface area contributed by atoms with Gasteiger partial charge >= 0.3 is 0 Å². The topological polar surface area (TPSA) is 85.8 Å². The summed E-state index contributed by atoms with van der Waals surface area (Å²) in [4.78, 5) is 16.5. The van der Waals surface area contributed by atoms with Gasteiger partial charge in [-0.25, -0.2) is 9.07 Å². The number of hydrogen-bond acceptors (Lipinski definition) is 5. The van der Waals surface area contributed by atoms with Gasteiger partial charge in [-0.05, 0) is 31.0 Å². The van der Waals surface area contributed by atoms with Gasteiger partial charge in [0, 0.05) is 11.4 Å². The van der Waals surface area contributed by atoms with Gasteiger partial charge in [0.15, 0.2) is 0 Å². The standard InChI is InChI=1S/C16H18FN5OS/c1-3-8-24-16-20-15-19-9(2)12(14(18)23)13(22(15)21-16)10-4-6-11(17)7-5-10/h4-7,13H,3,8H2,1-2H3,(H2,18,23)(H,19,20,21). The first-order chi connectivity index (χ1) is 11.5. The minimum absolute atomic E-state index is 0.341. The Labute approximate surface area is 143 Å². The van der Waals surface area contributed by atoms with E-state index in [1.807, 2.05) is 0 Å². The third-order valence-electron chi connectivity index (χ3n) is 3.72. The molecular formula is C16H18FN5OS. The van der Waals surface area contributed by atoms with Gasteiger partial charge in [-0.2, -0.15) is 4.98 Å². The smallest absolute Gasteiger partial charge is 0.248 e. The molecule has 24 heavy (non-hydrogen) atoms. The fourth-order valence-corrected chi connectivity index (χ4v) is 3.34. The van der Waals surface area contributed by atoms with Gasteiger partial charge in [-0.15, -0.1) is 5.10 Å². The molecule has 6 nitrogen and oxygen atoms in total. The minimum Gasteiger partial charge on any atom is -0.366 e. The quantitative estimate of drug-likeness (QED) is 0.812. The van der Waals surface area contributed by atoms with Crippen molar-refractivity contribution in [2.75, 3.05) is 11.1 Å². The Morgan fingerprint density at radius 3 is 2.75 bits per heavy atom. The van der Waals surface area contributed by atoms with Crippen molar-refractivity contribution in [3.05, 3.63) is 46.9 Å². The SMILES string of the molecule is CCCSc1nc2n(n1)C(c1ccc(F)cc1)C(C(N)=O)=C(C)N2. The maximum absolute atomic E-state index is 13.3. The lowest BCUT2D eigenvalue weighted by Crippen LogP contribution is -2.31. The number of nitrogens with two attached hydrogens (primary N) is 1. The molecular weight excluding hydrogens is 329 g/mol. The van der Waals surface area contributed by atoms with Crippen molar-refractivity contribution in [1.29, 1.82) is 0 Å². The summed E-state index contributed by atoms with van der Waals surface area (Å²) in [5, 5.41) is 8.22. The van der Waals surface area contributed by atoms with Crippen LogP contribution in [0, 0.1) is 5.82 Å². The van der Waals surface area contributed by atoms with Crippen LogP contribution in [0.1, 0.15) is 31.9 Å². The second kappa shape index (κ2) is 6.64. The molecule has 0 radical (unpaired) electrons. The van der Waals surface area contributed by atoms with E-state index in [0.717, 1.165) is 17.7 Å². The highest BCUT2D eigenvalue weighted by Gasteiger charge is 2.33. The third kappa shape index (κ3) is 3.01. The number of carbonyl (C=O) groups excluding carboxylic acids is 1. The summed E-state index contributed by atoms with van der Waals surface area (Å²) < 4.78 is 14.9. The number of allylic oxidation sites excluding steroid dienone is 1. The molecule has 1 aliphatic heterocycles. The monoisotopic (exact) mass is 347 g/mol. The van der Waals surface area contributed by atoms with Crippen LogP contribution in [-0.2, 0) is 4.79 Å². The number of thioether (sulfide) groups is 1. The maximum atomic E-state index is 13.3. The van der Waals surface area contributed by atoms with Gasteiger partial charge in [-0.1, -0.05) is 30.8 Å². The van der Waals surface area contributed by atoms with Gasteiger partial charge in [0.25, 0.3) is 0 Å². The van der Waals surface area contributed by atoms with E-state index in [9.17, 15) is 9.18 Å². The Hall–Kier alpha value is -2.35. The molecule has 0 fully saturated rings. The number of amides is 1. The third-order valence-corrected chi connectivity index (χ3v) is 4.76. The summed E-state index contributed by atoms with van der Waals surface area (Å²) in [5.74, 6) is 0.565. The lowest BCUT2D eigenvalue weighted by Gasteiger charge is -2.27. The molecule has 0 bridgehead atoms. The fourth-order valence-electron chi connectivity index (χ4n) is 2.66. The maximum Gasteiger partial charge on any atom is 0.248 e. The number of fused-ring (bicyclic) bond motifs is 1. The Morgan fingerprint density at radius 1 is 1.42 bits per heavy atom. The molecule has 1 atom stereocenters. The second-order valence-electron chi connectivity index (χ2n) is 5.49. The highest BCUT2D eigenvalue weighted by Crippen LogP contribution is 2.35. The van der Waals surface area contributed by atoms with Gasteiger partial charge in [0.05, 0.1) is 5.57 Å². The van der Waals surface area contributed by atoms with E-state index in [1.54, 1.807) is 35.5 Å². The number of primary amides is 1. The molecule has 0 saturated heterocycles. The average Bonchev–Trinajstić information content (AvgIpc) is 2.94. The van der Waals surface area contributed by atoms with Gasteiger partial charge in [-0.3, -0.25) is 4.79 Å². The summed E-state index contributed by atoms with van der Waals surface area (Å²) in [5.41, 5.74) is 7.33. The Kier molecular flexibility index (Phi) is 4.57. The number of carbonyl (C=O) groups is 1. The number of hydrogen-bond donors (Lipinski definition) is 2. The van der Waals surface area contributed by atoms with E-state index in [2.05, 4.69) is 22.3 Å². The molecule has 1 amide bonds.